The van der Waals surface area contributed by atoms with Crippen molar-refractivity contribution in [1.29, 1.82) is 0 Å². The van der Waals surface area contributed by atoms with Crippen molar-refractivity contribution in [3.63, 3.8) is 0 Å². The molecule has 0 atom stereocenters. The number of rotatable bonds is 4. The molecule has 2 aromatic carbocycles. The summed E-state index contributed by atoms with van der Waals surface area (Å²) < 4.78 is 31.7. The molecule has 104 valence electrons. The van der Waals surface area contributed by atoms with Gasteiger partial charge in [-0.2, -0.15) is 0 Å². The van der Waals surface area contributed by atoms with Crippen molar-refractivity contribution in [3.05, 3.63) is 53.6 Å². The molecule has 0 radical (unpaired) electrons. The number of carboxylic acid groups (broad SMARTS) is 1. The number of aliphatic carboxylic acids is 1. The summed E-state index contributed by atoms with van der Waals surface area (Å²) in [5.41, 5.74) is 1.27. The number of carboxylic acids is 1. The molecular weight excluding hydrogens is 266 g/mol. The molecule has 3 nitrogen and oxygen atoms in total. The lowest BCUT2D eigenvalue weighted by Crippen LogP contribution is -2.00. The summed E-state index contributed by atoms with van der Waals surface area (Å²) in [5.74, 6) is -1.97. The maximum atomic E-state index is 13.3. The number of hydrogen-bond donors (Lipinski definition) is 1. The molecule has 0 amide bonds. The van der Waals surface area contributed by atoms with Gasteiger partial charge in [-0.15, -0.1) is 0 Å². The van der Waals surface area contributed by atoms with E-state index in [0.29, 0.717) is 22.4 Å². The van der Waals surface area contributed by atoms with Gasteiger partial charge in [0, 0.05) is 11.6 Å². The minimum absolute atomic E-state index is 0.172. The van der Waals surface area contributed by atoms with Gasteiger partial charge in [0.1, 0.15) is 17.4 Å². The van der Waals surface area contributed by atoms with E-state index in [0.717, 1.165) is 6.07 Å². The Bertz CT molecular complexity index is 633. The molecule has 2 rings (SSSR count). The van der Waals surface area contributed by atoms with Crippen LogP contribution in [0.25, 0.3) is 11.1 Å². The molecule has 0 saturated carbocycles. The lowest BCUT2D eigenvalue weighted by atomic mass is 10.0. The summed E-state index contributed by atoms with van der Waals surface area (Å²) >= 11 is 0. The van der Waals surface area contributed by atoms with E-state index in [1.165, 1.54) is 19.2 Å². The Hall–Kier alpha value is -2.43. The van der Waals surface area contributed by atoms with Crippen molar-refractivity contribution in [1.82, 2.24) is 0 Å². The van der Waals surface area contributed by atoms with Gasteiger partial charge in [0.2, 0.25) is 0 Å². The van der Waals surface area contributed by atoms with Gasteiger partial charge in [-0.3, -0.25) is 4.79 Å². The van der Waals surface area contributed by atoms with Crippen molar-refractivity contribution in [2.24, 2.45) is 0 Å². The van der Waals surface area contributed by atoms with Crippen molar-refractivity contribution in [3.8, 4) is 16.9 Å². The summed E-state index contributed by atoms with van der Waals surface area (Å²) in [6.07, 6.45) is -0.172. The third-order valence-electron chi connectivity index (χ3n) is 2.79. The molecule has 1 N–H and O–H groups in total. The standard InChI is InChI=1S/C15H12F2O3/c1-20-14-3-2-9(5-15(18)19)4-13(14)10-6-11(16)8-12(17)7-10/h2-4,6-8H,5H2,1H3,(H,18,19). The third-order valence-corrected chi connectivity index (χ3v) is 2.79. The van der Waals surface area contributed by atoms with Gasteiger partial charge in [0.15, 0.2) is 0 Å². The monoisotopic (exact) mass is 278 g/mol. The zero-order valence-electron chi connectivity index (χ0n) is 10.7. The van der Waals surface area contributed by atoms with Crippen LogP contribution < -0.4 is 4.74 Å². The molecule has 0 unspecified atom stereocenters. The van der Waals surface area contributed by atoms with Gasteiger partial charge in [0.05, 0.1) is 13.5 Å². The molecule has 2 aromatic rings. The van der Waals surface area contributed by atoms with Gasteiger partial charge < -0.3 is 9.84 Å². The second-order valence-corrected chi connectivity index (χ2v) is 4.26. The molecule has 0 heterocycles. The molecule has 0 fully saturated rings. The van der Waals surface area contributed by atoms with Crippen LogP contribution in [0.1, 0.15) is 5.56 Å². The molecule has 0 saturated heterocycles. The van der Waals surface area contributed by atoms with Crippen molar-refractivity contribution in [2.45, 2.75) is 6.42 Å². The number of methoxy groups -OCH3 is 1. The summed E-state index contributed by atoms with van der Waals surface area (Å²) in [7, 11) is 1.44. The van der Waals surface area contributed by atoms with Crippen LogP contribution in [0.15, 0.2) is 36.4 Å². The van der Waals surface area contributed by atoms with Crippen LogP contribution in [0, 0.1) is 11.6 Å². The third kappa shape index (κ3) is 3.12. The van der Waals surface area contributed by atoms with E-state index >= 15 is 0 Å². The summed E-state index contributed by atoms with van der Waals surface area (Å²) in [5, 5.41) is 8.79. The van der Waals surface area contributed by atoms with E-state index in [1.54, 1.807) is 18.2 Å². The van der Waals surface area contributed by atoms with E-state index in [-0.39, 0.29) is 6.42 Å². The largest absolute Gasteiger partial charge is 0.496 e. The quantitative estimate of drug-likeness (QED) is 0.933. The van der Waals surface area contributed by atoms with Crippen molar-refractivity contribution < 1.29 is 23.4 Å². The van der Waals surface area contributed by atoms with Crippen molar-refractivity contribution in [2.75, 3.05) is 7.11 Å². The molecular formula is C15H12F2O3. The average Bonchev–Trinajstić information content (AvgIpc) is 2.36. The summed E-state index contributed by atoms with van der Waals surface area (Å²) in [6, 6.07) is 7.86. The van der Waals surface area contributed by atoms with Crippen LogP contribution in [0.4, 0.5) is 8.78 Å². The predicted molar refractivity (Wildman–Crippen MR) is 69.7 cm³/mol. The van der Waals surface area contributed by atoms with Gasteiger partial charge in [-0.1, -0.05) is 6.07 Å². The Morgan fingerprint density at radius 1 is 1.15 bits per heavy atom. The number of halogens is 2. The van der Waals surface area contributed by atoms with Crippen LogP contribution in [-0.4, -0.2) is 18.2 Å². The maximum Gasteiger partial charge on any atom is 0.307 e. The van der Waals surface area contributed by atoms with Crippen LogP contribution in [0.2, 0.25) is 0 Å². The minimum Gasteiger partial charge on any atom is -0.496 e. The van der Waals surface area contributed by atoms with Crippen molar-refractivity contribution >= 4 is 5.97 Å². The first-order valence-electron chi connectivity index (χ1n) is 5.85. The molecule has 0 aliphatic rings. The highest BCUT2D eigenvalue weighted by molar-refractivity contribution is 5.75. The number of carbonyl (C=O) groups is 1. The average molecular weight is 278 g/mol. The van der Waals surface area contributed by atoms with Gasteiger partial charge in [-0.25, -0.2) is 8.78 Å². The Kier molecular flexibility index (Phi) is 3.98. The molecule has 20 heavy (non-hydrogen) atoms. The highest BCUT2D eigenvalue weighted by Gasteiger charge is 2.11. The zero-order valence-corrected chi connectivity index (χ0v) is 10.7. The number of ether oxygens (including phenoxy) is 1. The topological polar surface area (TPSA) is 46.5 Å². The lowest BCUT2D eigenvalue weighted by molar-refractivity contribution is -0.136. The SMILES string of the molecule is COc1ccc(CC(=O)O)cc1-c1cc(F)cc(F)c1. The minimum atomic E-state index is -0.980. The Balaban J connectivity index is 2.54. The van der Waals surface area contributed by atoms with Gasteiger partial charge in [-0.05, 0) is 35.4 Å². The smallest absolute Gasteiger partial charge is 0.307 e. The molecule has 5 heteroatoms. The van der Waals surface area contributed by atoms with Crippen LogP contribution in [0.5, 0.6) is 5.75 Å². The molecule has 0 aliphatic carbocycles. The Labute approximate surface area is 114 Å². The van der Waals surface area contributed by atoms with E-state index in [4.69, 9.17) is 9.84 Å². The number of benzene rings is 2. The molecule has 0 aliphatic heterocycles. The fraction of sp³-hybridized carbons (Fsp3) is 0.133. The Morgan fingerprint density at radius 3 is 2.35 bits per heavy atom. The summed E-state index contributed by atoms with van der Waals surface area (Å²) in [4.78, 5) is 10.7. The predicted octanol–water partition coefficient (Wildman–Crippen LogP) is 3.27. The lowest BCUT2D eigenvalue weighted by Gasteiger charge is -2.11. The first-order chi connectivity index (χ1) is 9.49. The van der Waals surface area contributed by atoms with Gasteiger partial charge >= 0.3 is 5.97 Å². The fourth-order valence-corrected chi connectivity index (χ4v) is 1.97. The first-order valence-corrected chi connectivity index (χ1v) is 5.85. The second kappa shape index (κ2) is 5.69. The van der Waals surface area contributed by atoms with E-state index in [2.05, 4.69) is 0 Å². The van der Waals surface area contributed by atoms with Crippen LogP contribution in [0.3, 0.4) is 0 Å². The molecule has 0 aromatic heterocycles. The second-order valence-electron chi connectivity index (χ2n) is 4.26. The maximum absolute atomic E-state index is 13.3. The highest BCUT2D eigenvalue weighted by atomic mass is 19.1. The van der Waals surface area contributed by atoms with Crippen LogP contribution in [-0.2, 0) is 11.2 Å². The normalized spacial score (nSPS) is 10.3. The molecule has 0 bridgehead atoms. The summed E-state index contributed by atoms with van der Waals surface area (Å²) in [6.45, 7) is 0. The van der Waals surface area contributed by atoms with Crippen LogP contribution >= 0.6 is 0 Å². The van der Waals surface area contributed by atoms with E-state index in [1.807, 2.05) is 0 Å². The van der Waals surface area contributed by atoms with E-state index in [9.17, 15) is 13.6 Å². The fourth-order valence-electron chi connectivity index (χ4n) is 1.97. The highest BCUT2D eigenvalue weighted by Crippen LogP contribution is 2.32. The van der Waals surface area contributed by atoms with Gasteiger partial charge in [0.25, 0.3) is 0 Å². The van der Waals surface area contributed by atoms with E-state index < -0.39 is 17.6 Å². The molecule has 0 spiro atoms. The first kappa shape index (κ1) is 14.0. The number of hydrogen-bond acceptors (Lipinski definition) is 2. The Morgan fingerprint density at radius 2 is 1.80 bits per heavy atom. The zero-order chi connectivity index (χ0) is 14.7.